The molecule has 1 fully saturated rings. The summed E-state index contributed by atoms with van der Waals surface area (Å²) in [4.78, 5) is 5.88. The molecule has 1 N–H and O–H groups in total. The smallest absolute Gasteiger partial charge is 0.0960 e. The molecule has 0 unspecified atom stereocenters. The molecule has 4 heteroatoms. The van der Waals surface area contributed by atoms with Crippen LogP contribution in [0.15, 0.2) is 6.20 Å². The molecule has 1 aliphatic rings. The van der Waals surface area contributed by atoms with Crippen molar-refractivity contribution in [3.8, 4) is 0 Å². The molecule has 2 rings (SSSR count). The number of hydrogen-bond acceptors (Lipinski definition) is 4. The van der Waals surface area contributed by atoms with Crippen LogP contribution >= 0.6 is 11.3 Å². The van der Waals surface area contributed by atoms with E-state index in [1.54, 1.807) is 0 Å². The lowest BCUT2D eigenvalue weighted by Crippen LogP contribution is -2.21. The number of thiazole rings is 1. The summed E-state index contributed by atoms with van der Waals surface area (Å²) in [6.45, 7) is 7.06. The first-order valence-corrected chi connectivity index (χ1v) is 6.83. The minimum Gasteiger partial charge on any atom is -0.381 e. The Morgan fingerprint density at radius 3 is 2.94 bits per heavy atom. The van der Waals surface area contributed by atoms with Crippen molar-refractivity contribution >= 4 is 11.3 Å². The fourth-order valence-electron chi connectivity index (χ4n) is 1.84. The highest BCUT2D eigenvalue weighted by molar-refractivity contribution is 7.11. The summed E-state index contributed by atoms with van der Waals surface area (Å²) in [7, 11) is 0. The Balaban J connectivity index is 1.90. The zero-order chi connectivity index (χ0) is 11.4. The van der Waals surface area contributed by atoms with Crippen molar-refractivity contribution in [3.63, 3.8) is 0 Å². The average molecular weight is 240 g/mol. The van der Waals surface area contributed by atoms with Gasteiger partial charge in [0.15, 0.2) is 0 Å². The molecule has 0 spiro atoms. The number of rotatable bonds is 4. The van der Waals surface area contributed by atoms with Gasteiger partial charge in [0.05, 0.1) is 5.01 Å². The van der Waals surface area contributed by atoms with Crippen LogP contribution in [0.2, 0.25) is 0 Å². The lowest BCUT2D eigenvalue weighted by atomic mass is 10.0. The molecule has 1 aliphatic heterocycles. The van der Waals surface area contributed by atoms with Gasteiger partial charge in [-0.15, -0.1) is 11.3 Å². The molecule has 0 amide bonds. The van der Waals surface area contributed by atoms with Gasteiger partial charge in [-0.3, -0.25) is 0 Å². The van der Waals surface area contributed by atoms with Crippen LogP contribution in [0.25, 0.3) is 0 Å². The third-order valence-corrected chi connectivity index (χ3v) is 3.99. The Kier molecular flexibility index (Phi) is 4.32. The van der Waals surface area contributed by atoms with E-state index in [4.69, 9.17) is 4.74 Å². The van der Waals surface area contributed by atoms with E-state index in [0.29, 0.717) is 12.0 Å². The van der Waals surface area contributed by atoms with E-state index >= 15 is 0 Å². The maximum Gasteiger partial charge on any atom is 0.0960 e. The highest BCUT2D eigenvalue weighted by Crippen LogP contribution is 2.29. The minimum absolute atomic E-state index is 0.536. The zero-order valence-corrected chi connectivity index (χ0v) is 10.8. The van der Waals surface area contributed by atoms with Gasteiger partial charge in [-0.25, -0.2) is 4.98 Å². The average Bonchev–Trinajstić information content (AvgIpc) is 2.76. The molecule has 0 bridgehead atoms. The van der Waals surface area contributed by atoms with Crippen molar-refractivity contribution in [2.75, 3.05) is 13.2 Å². The molecule has 0 radical (unpaired) electrons. The van der Waals surface area contributed by atoms with E-state index in [0.717, 1.165) is 32.6 Å². The van der Waals surface area contributed by atoms with Crippen LogP contribution in [0, 0.1) is 0 Å². The molecule has 90 valence electrons. The second kappa shape index (κ2) is 5.75. The van der Waals surface area contributed by atoms with Gasteiger partial charge in [0.25, 0.3) is 0 Å². The molecule has 1 saturated heterocycles. The molecule has 0 aromatic carbocycles. The maximum absolute atomic E-state index is 5.37. The predicted octanol–water partition coefficient (Wildman–Crippen LogP) is 2.54. The normalized spacial score (nSPS) is 18.2. The van der Waals surface area contributed by atoms with Crippen molar-refractivity contribution < 1.29 is 4.74 Å². The van der Waals surface area contributed by atoms with Gasteiger partial charge >= 0.3 is 0 Å². The Morgan fingerprint density at radius 1 is 1.50 bits per heavy atom. The maximum atomic E-state index is 5.37. The summed E-state index contributed by atoms with van der Waals surface area (Å²) >= 11 is 1.85. The number of ether oxygens (including phenoxy) is 1. The quantitative estimate of drug-likeness (QED) is 0.878. The van der Waals surface area contributed by atoms with Gasteiger partial charge in [-0.2, -0.15) is 0 Å². The zero-order valence-electron chi connectivity index (χ0n) is 10.0. The van der Waals surface area contributed by atoms with E-state index in [9.17, 15) is 0 Å². The molecule has 0 aliphatic carbocycles. The highest BCUT2D eigenvalue weighted by Gasteiger charge is 2.18. The first-order valence-electron chi connectivity index (χ1n) is 6.01. The van der Waals surface area contributed by atoms with E-state index in [1.165, 1.54) is 9.88 Å². The minimum atomic E-state index is 0.536. The Morgan fingerprint density at radius 2 is 2.25 bits per heavy atom. The van der Waals surface area contributed by atoms with Crippen LogP contribution in [0.1, 0.15) is 42.5 Å². The van der Waals surface area contributed by atoms with E-state index in [-0.39, 0.29) is 0 Å². The molecule has 3 nitrogen and oxygen atoms in total. The number of aromatic nitrogens is 1. The van der Waals surface area contributed by atoms with Gasteiger partial charge in [0.1, 0.15) is 0 Å². The fourth-order valence-corrected chi connectivity index (χ4v) is 2.88. The largest absolute Gasteiger partial charge is 0.381 e. The predicted molar refractivity (Wildman–Crippen MR) is 66.9 cm³/mol. The number of nitrogens with zero attached hydrogens (tertiary/aromatic N) is 1. The molecular formula is C12H20N2OS. The van der Waals surface area contributed by atoms with Gasteiger partial charge in [0.2, 0.25) is 0 Å². The molecule has 0 saturated carbocycles. The summed E-state index contributed by atoms with van der Waals surface area (Å²) in [5.74, 6) is 0.631. The summed E-state index contributed by atoms with van der Waals surface area (Å²) < 4.78 is 5.37. The van der Waals surface area contributed by atoms with Crippen LogP contribution in [-0.4, -0.2) is 24.2 Å². The molecule has 16 heavy (non-hydrogen) atoms. The van der Waals surface area contributed by atoms with Crippen molar-refractivity contribution in [2.45, 2.75) is 45.2 Å². The Bertz CT molecular complexity index is 319. The SMILES string of the molecule is CC(C)NCc1cnc(C2CCOCC2)s1. The molecule has 1 aromatic rings. The third kappa shape index (κ3) is 3.27. The standard InChI is InChI=1S/C12H20N2OS/c1-9(2)13-7-11-8-14-12(16-11)10-3-5-15-6-4-10/h8-10,13H,3-7H2,1-2H3. The molecular weight excluding hydrogens is 220 g/mol. The molecule has 2 heterocycles. The lowest BCUT2D eigenvalue weighted by Gasteiger charge is -2.19. The van der Waals surface area contributed by atoms with E-state index in [1.807, 2.05) is 17.5 Å². The summed E-state index contributed by atoms with van der Waals surface area (Å²) in [5, 5.41) is 4.72. The van der Waals surface area contributed by atoms with Gasteiger partial charge in [-0.05, 0) is 12.8 Å². The molecule has 0 atom stereocenters. The first-order chi connectivity index (χ1) is 7.75. The van der Waals surface area contributed by atoms with Gasteiger partial charge in [-0.1, -0.05) is 13.8 Å². The first kappa shape index (κ1) is 12.0. The topological polar surface area (TPSA) is 34.2 Å². The van der Waals surface area contributed by atoms with Crippen LogP contribution in [0.4, 0.5) is 0 Å². The number of hydrogen-bond donors (Lipinski definition) is 1. The van der Waals surface area contributed by atoms with Gasteiger partial charge < -0.3 is 10.1 Å². The lowest BCUT2D eigenvalue weighted by molar-refractivity contribution is 0.0853. The summed E-state index contributed by atoms with van der Waals surface area (Å²) in [5.41, 5.74) is 0. The number of nitrogens with one attached hydrogen (secondary N) is 1. The van der Waals surface area contributed by atoms with Crippen LogP contribution < -0.4 is 5.32 Å². The second-order valence-electron chi connectivity index (χ2n) is 4.59. The van der Waals surface area contributed by atoms with Gasteiger partial charge in [0, 0.05) is 42.8 Å². The van der Waals surface area contributed by atoms with Crippen molar-refractivity contribution in [3.05, 3.63) is 16.1 Å². The third-order valence-electron chi connectivity index (χ3n) is 2.83. The van der Waals surface area contributed by atoms with Crippen LogP contribution in [-0.2, 0) is 11.3 Å². The summed E-state index contributed by atoms with van der Waals surface area (Å²) in [6, 6.07) is 0.536. The second-order valence-corrected chi connectivity index (χ2v) is 5.73. The van der Waals surface area contributed by atoms with Crippen molar-refractivity contribution in [1.29, 1.82) is 0 Å². The van der Waals surface area contributed by atoms with E-state index < -0.39 is 0 Å². The molecule has 1 aromatic heterocycles. The Labute approximate surface area is 101 Å². The fraction of sp³-hybridized carbons (Fsp3) is 0.750. The summed E-state index contributed by atoms with van der Waals surface area (Å²) in [6.07, 6.45) is 4.28. The van der Waals surface area contributed by atoms with Crippen molar-refractivity contribution in [2.24, 2.45) is 0 Å². The van der Waals surface area contributed by atoms with Crippen LogP contribution in [0.3, 0.4) is 0 Å². The van der Waals surface area contributed by atoms with E-state index in [2.05, 4.69) is 24.1 Å². The van der Waals surface area contributed by atoms with Crippen LogP contribution in [0.5, 0.6) is 0 Å². The van der Waals surface area contributed by atoms with Crippen molar-refractivity contribution in [1.82, 2.24) is 10.3 Å². The Hall–Kier alpha value is -0.450. The highest BCUT2D eigenvalue weighted by atomic mass is 32.1. The monoisotopic (exact) mass is 240 g/mol.